The van der Waals surface area contributed by atoms with Gasteiger partial charge in [0.05, 0.1) is 18.1 Å². The second kappa shape index (κ2) is 4.58. The number of anilines is 1. The van der Waals surface area contributed by atoms with E-state index in [2.05, 4.69) is 0 Å². The number of aliphatic hydroxyl groups is 1. The molecule has 1 heterocycles. The Kier molecular flexibility index (Phi) is 3.14. The van der Waals surface area contributed by atoms with Crippen LogP contribution < -0.4 is 9.64 Å². The van der Waals surface area contributed by atoms with E-state index in [0.717, 1.165) is 18.7 Å². The van der Waals surface area contributed by atoms with E-state index in [1.807, 2.05) is 4.90 Å². The molecule has 92 valence electrons. The second-order valence-electron chi connectivity index (χ2n) is 4.00. The number of rotatable bonds is 3. The van der Waals surface area contributed by atoms with Crippen molar-refractivity contribution < 1.29 is 14.8 Å². The maximum atomic E-state index is 10.7. The van der Waals surface area contributed by atoms with Crippen LogP contribution in [0.4, 0.5) is 11.4 Å². The highest BCUT2D eigenvalue weighted by Gasteiger charge is 2.23. The summed E-state index contributed by atoms with van der Waals surface area (Å²) < 4.78 is 5.00. The molecule has 1 N–H and O–H groups in total. The van der Waals surface area contributed by atoms with Gasteiger partial charge < -0.3 is 14.7 Å². The molecule has 2 rings (SSSR count). The van der Waals surface area contributed by atoms with E-state index in [4.69, 9.17) is 4.74 Å². The van der Waals surface area contributed by atoms with Crippen LogP contribution in [0.1, 0.15) is 6.42 Å². The molecule has 1 fully saturated rings. The predicted octanol–water partition coefficient (Wildman–Crippen LogP) is 1.17. The molecule has 1 saturated heterocycles. The third-order valence-electron chi connectivity index (χ3n) is 2.89. The number of nitrogens with zero attached hydrogens (tertiary/aromatic N) is 2. The standard InChI is InChI=1S/C11H14N2O4/c1-17-11-6-8(2-3-10(11)13(15)16)12-5-4-9(14)7-12/h2-3,6,9,14H,4-5,7H2,1H3/t9-/m0/s1. The lowest BCUT2D eigenvalue weighted by molar-refractivity contribution is -0.385. The van der Waals surface area contributed by atoms with Crippen LogP contribution in [-0.4, -0.2) is 36.3 Å². The molecule has 0 spiro atoms. The molecule has 1 aliphatic heterocycles. The topological polar surface area (TPSA) is 75.8 Å². The molecule has 1 aromatic rings. The van der Waals surface area contributed by atoms with Crippen molar-refractivity contribution in [1.29, 1.82) is 0 Å². The Morgan fingerprint density at radius 2 is 2.35 bits per heavy atom. The first-order valence-corrected chi connectivity index (χ1v) is 5.37. The van der Waals surface area contributed by atoms with Crippen LogP contribution in [0.3, 0.4) is 0 Å². The van der Waals surface area contributed by atoms with Crippen molar-refractivity contribution in [2.45, 2.75) is 12.5 Å². The van der Waals surface area contributed by atoms with Gasteiger partial charge in [0, 0.05) is 30.9 Å². The van der Waals surface area contributed by atoms with E-state index in [9.17, 15) is 15.2 Å². The molecule has 0 aliphatic carbocycles. The summed E-state index contributed by atoms with van der Waals surface area (Å²) in [5.74, 6) is 0.244. The van der Waals surface area contributed by atoms with Crippen molar-refractivity contribution in [1.82, 2.24) is 0 Å². The molecule has 6 nitrogen and oxygen atoms in total. The minimum atomic E-state index is -0.471. The van der Waals surface area contributed by atoms with E-state index < -0.39 is 4.92 Å². The quantitative estimate of drug-likeness (QED) is 0.632. The molecule has 6 heteroatoms. The maximum Gasteiger partial charge on any atom is 0.311 e. The summed E-state index contributed by atoms with van der Waals surface area (Å²) in [4.78, 5) is 12.2. The zero-order valence-corrected chi connectivity index (χ0v) is 9.50. The Morgan fingerprint density at radius 3 is 2.88 bits per heavy atom. The highest BCUT2D eigenvalue weighted by molar-refractivity contribution is 5.59. The van der Waals surface area contributed by atoms with Crippen molar-refractivity contribution in [2.24, 2.45) is 0 Å². The lowest BCUT2D eigenvalue weighted by Gasteiger charge is -2.18. The Bertz CT molecular complexity index is 435. The lowest BCUT2D eigenvalue weighted by Crippen LogP contribution is -2.21. The van der Waals surface area contributed by atoms with Gasteiger partial charge in [-0.3, -0.25) is 10.1 Å². The van der Waals surface area contributed by atoms with Crippen molar-refractivity contribution in [3.8, 4) is 5.75 Å². The fourth-order valence-corrected chi connectivity index (χ4v) is 1.99. The van der Waals surface area contributed by atoms with Crippen molar-refractivity contribution in [2.75, 3.05) is 25.1 Å². The van der Waals surface area contributed by atoms with E-state index in [-0.39, 0.29) is 17.5 Å². The number of β-amino-alcohol motifs (C(OH)–C–C–N with tert-alkyl or cyclic N) is 1. The summed E-state index contributed by atoms with van der Waals surface area (Å²) in [5.41, 5.74) is 0.792. The first-order chi connectivity index (χ1) is 8.11. The van der Waals surface area contributed by atoms with Crippen molar-refractivity contribution in [3.05, 3.63) is 28.3 Å². The zero-order chi connectivity index (χ0) is 12.4. The zero-order valence-electron chi connectivity index (χ0n) is 9.50. The van der Waals surface area contributed by atoms with Crippen LogP contribution in [0.15, 0.2) is 18.2 Å². The van der Waals surface area contributed by atoms with E-state index in [0.29, 0.717) is 6.54 Å². The predicted molar refractivity (Wildman–Crippen MR) is 62.5 cm³/mol. The molecule has 0 bridgehead atoms. The number of nitro groups is 1. The van der Waals surface area contributed by atoms with E-state index in [1.54, 1.807) is 12.1 Å². The molecule has 17 heavy (non-hydrogen) atoms. The first kappa shape index (κ1) is 11.7. The molecule has 0 saturated carbocycles. The number of nitro benzene ring substituents is 1. The van der Waals surface area contributed by atoms with Gasteiger partial charge in [-0.2, -0.15) is 0 Å². The molecule has 0 radical (unpaired) electrons. The summed E-state index contributed by atoms with van der Waals surface area (Å²) in [6, 6.07) is 4.74. The highest BCUT2D eigenvalue weighted by Crippen LogP contribution is 2.32. The third kappa shape index (κ3) is 2.31. The number of methoxy groups -OCH3 is 1. The van der Waals surface area contributed by atoms with Crippen LogP contribution >= 0.6 is 0 Å². The van der Waals surface area contributed by atoms with Gasteiger partial charge in [-0.15, -0.1) is 0 Å². The van der Waals surface area contributed by atoms with Gasteiger partial charge in [-0.05, 0) is 12.5 Å². The maximum absolute atomic E-state index is 10.7. The summed E-state index contributed by atoms with van der Waals surface area (Å²) >= 11 is 0. The molecule has 0 unspecified atom stereocenters. The number of hydrogen-bond acceptors (Lipinski definition) is 5. The van der Waals surface area contributed by atoms with Crippen LogP contribution in [0.2, 0.25) is 0 Å². The molecule has 1 atom stereocenters. The Hall–Kier alpha value is -1.82. The molecular formula is C11H14N2O4. The SMILES string of the molecule is COc1cc(N2CC[C@H](O)C2)ccc1[N+](=O)[O-]. The summed E-state index contributed by atoms with van der Waals surface area (Å²) in [7, 11) is 1.41. The van der Waals surface area contributed by atoms with Gasteiger partial charge in [0.15, 0.2) is 5.75 Å². The summed E-state index contributed by atoms with van der Waals surface area (Å²) in [6.07, 6.45) is 0.399. The smallest absolute Gasteiger partial charge is 0.311 e. The minimum absolute atomic E-state index is 0.0454. The molecule has 1 aromatic carbocycles. The molecular weight excluding hydrogens is 224 g/mol. The first-order valence-electron chi connectivity index (χ1n) is 5.37. The third-order valence-corrected chi connectivity index (χ3v) is 2.89. The average Bonchev–Trinajstić information content (AvgIpc) is 2.75. The van der Waals surface area contributed by atoms with Crippen LogP contribution in [-0.2, 0) is 0 Å². The van der Waals surface area contributed by atoms with Gasteiger partial charge in [0.1, 0.15) is 0 Å². The van der Waals surface area contributed by atoms with Gasteiger partial charge in [0.25, 0.3) is 0 Å². The largest absolute Gasteiger partial charge is 0.490 e. The highest BCUT2D eigenvalue weighted by atomic mass is 16.6. The van der Waals surface area contributed by atoms with Crippen LogP contribution in [0.5, 0.6) is 5.75 Å². The van der Waals surface area contributed by atoms with Gasteiger partial charge in [0.2, 0.25) is 0 Å². The number of hydrogen-bond donors (Lipinski definition) is 1. The molecule has 0 amide bonds. The van der Waals surface area contributed by atoms with Gasteiger partial charge >= 0.3 is 5.69 Å². The fourth-order valence-electron chi connectivity index (χ4n) is 1.99. The summed E-state index contributed by atoms with van der Waals surface area (Å²) in [5, 5.41) is 20.2. The normalized spacial score (nSPS) is 19.4. The minimum Gasteiger partial charge on any atom is -0.490 e. The van der Waals surface area contributed by atoms with Crippen molar-refractivity contribution in [3.63, 3.8) is 0 Å². The number of benzene rings is 1. The van der Waals surface area contributed by atoms with Crippen LogP contribution in [0.25, 0.3) is 0 Å². The van der Waals surface area contributed by atoms with Gasteiger partial charge in [-0.25, -0.2) is 0 Å². The number of aliphatic hydroxyl groups excluding tert-OH is 1. The average molecular weight is 238 g/mol. The van der Waals surface area contributed by atoms with E-state index in [1.165, 1.54) is 13.2 Å². The number of ether oxygens (including phenoxy) is 1. The monoisotopic (exact) mass is 238 g/mol. The lowest BCUT2D eigenvalue weighted by atomic mass is 10.2. The Morgan fingerprint density at radius 1 is 1.59 bits per heavy atom. The van der Waals surface area contributed by atoms with Crippen LogP contribution in [0, 0.1) is 10.1 Å². The Balaban J connectivity index is 2.28. The molecule has 1 aliphatic rings. The Labute approximate surface area is 98.6 Å². The summed E-state index contributed by atoms with van der Waals surface area (Å²) in [6.45, 7) is 1.31. The van der Waals surface area contributed by atoms with Crippen molar-refractivity contribution >= 4 is 11.4 Å². The fraction of sp³-hybridized carbons (Fsp3) is 0.455. The van der Waals surface area contributed by atoms with E-state index >= 15 is 0 Å². The second-order valence-corrected chi connectivity index (χ2v) is 4.00. The molecule has 0 aromatic heterocycles. The van der Waals surface area contributed by atoms with Gasteiger partial charge in [-0.1, -0.05) is 0 Å².